The summed E-state index contributed by atoms with van der Waals surface area (Å²) < 4.78 is 5.36. The molecule has 1 aromatic heterocycles. The maximum atomic E-state index is 13.1. The molecule has 1 unspecified atom stereocenters. The van der Waals surface area contributed by atoms with Gasteiger partial charge in [-0.2, -0.15) is 0 Å². The Kier molecular flexibility index (Phi) is 5.09. The second-order valence-electron chi connectivity index (χ2n) is 6.77. The van der Waals surface area contributed by atoms with Crippen LogP contribution in [0.1, 0.15) is 11.6 Å². The fraction of sp³-hybridized carbons (Fsp3) is 0.316. The highest BCUT2D eigenvalue weighted by Crippen LogP contribution is 2.35. The first-order valence-corrected chi connectivity index (χ1v) is 9.16. The molecule has 1 aromatic carbocycles. The molecule has 4 rings (SSSR count). The van der Waals surface area contributed by atoms with E-state index in [1.807, 2.05) is 12.1 Å². The first-order chi connectivity index (χ1) is 14.0. The zero-order chi connectivity index (χ0) is 20.4. The highest BCUT2D eigenvalue weighted by molar-refractivity contribution is 6.02. The van der Waals surface area contributed by atoms with Crippen molar-refractivity contribution in [2.75, 3.05) is 37.7 Å². The predicted molar refractivity (Wildman–Crippen MR) is 103 cm³/mol. The highest BCUT2D eigenvalue weighted by Gasteiger charge is 2.33. The molecule has 10 nitrogen and oxygen atoms in total. The number of nitro benzene ring substituents is 1. The van der Waals surface area contributed by atoms with E-state index in [1.54, 1.807) is 17.3 Å². The highest BCUT2D eigenvalue weighted by atomic mass is 16.6. The second-order valence-corrected chi connectivity index (χ2v) is 6.77. The van der Waals surface area contributed by atoms with Gasteiger partial charge in [0, 0.05) is 44.2 Å². The Morgan fingerprint density at radius 2 is 2.24 bits per heavy atom. The maximum Gasteiger partial charge on any atom is 0.271 e. The van der Waals surface area contributed by atoms with Crippen molar-refractivity contribution in [2.45, 2.75) is 6.04 Å². The van der Waals surface area contributed by atoms with Gasteiger partial charge < -0.3 is 15.0 Å². The molecule has 0 bridgehead atoms. The van der Waals surface area contributed by atoms with Gasteiger partial charge in [0.1, 0.15) is 12.3 Å². The van der Waals surface area contributed by atoms with Gasteiger partial charge in [0.15, 0.2) is 6.61 Å². The molecule has 0 radical (unpaired) electrons. The number of fused-ring (bicyclic) bond motifs is 1. The van der Waals surface area contributed by atoms with Crippen molar-refractivity contribution in [3.63, 3.8) is 0 Å². The largest absolute Gasteiger partial charge is 0.482 e. The number of ether oxygens (including phenoxy) is 1. The molecule has 150 valence electrons. The summed E-state index contributed by atoms with van der Waals surface area (Å²) in [7, 11) is 0. The van der Waals surface area contributed by atoms with E-state index in [-0.39, 0.29) is 36.5 Å². The smallest absolute Gasteiger partial charge is 0.271 e. The van der Waals surface area contributed by atoms with E-state index in [0.29, 0.717) is 25.4 Å². The van der Waals surface area contributed by atoms with E-state index in [9.17, 15) is 19.7 Å². The van der Waals surface area contributed by atoms with E-state index in [4.69, 9.17) is 4.74 Å². The fourth-order valence-corrected chi connectivity index (χ4v) is 3.58. The fourth-order valence-electron chi connectivity index (χ4n) is 3.58. The summed E-state index contributed by atoms with van der Waals surface area (Å²) >= 11 is 0. The number of pyridine rings is 1. The van der Waals surface area contributed by atoms with Crippen LogP contribution in [0.3, 0.4) is 0 Å². The molecule has 1 fully saturated rings. The molecule has 3 heterocycles. The summed E-state index contributed by atoms with van der Waals surface area (Å²) in [4.78, 5) is 43.3. The van der Waals surface area contributed by atoms with E-state index in [1.165, 1.54) is 23.1 Å². The van der Waals surface area contributed by atoms with E-state index < -0.39 is 10.8 Å². The SMILES string of the molecule is O=C1COc2ccc([N+](=O)[O-])cc2N1CC(=O)N1CCNCC1c1cccnc1. The molecule has 29 heavy (non-hydrogen) atoms. The number of rotatable bonds is 4. The third kappa shape index (κ3) is 3.74. The zero-order valence-corrected chi connectivity index (χ0v) is 15.5. The molecular formula is C19H19N5O5. The molecule has 2 aromatic rings. The first kappa shape index (κ1) is 18.8. The number of hydrogen-bond donors (Lipinski definition) is 1. The summed E-state index contributed by atoms with van der Waals surface area (Å²) in [6.07, 6.45) is 3.39. The van der Waals surface area contributed by atoms with Crippen molar-refractivity contribution < 1.29 is 19.2 Å². The van der Waals surface area contributed by atoms with Gasteiger partial charge in [0.05, 0.1) is 16.7 Å². The van der Waals surface area contributed by atoms with E-state index in [2.05, 4.69) is 10.3 Å². The number of carbonyl (C=O) groups is 2. The Hall–Kier alpha value is -3.53. The molecule has 1 saturated heterocycles. The number of hydrogen-bond acceptors (Lipinski definition) is 7. The molecule has 2 aliphatic rings. The number of piperazine rings is 1. The number of non-ortho nitro benzene ring substituents is 1. The average molecular weight is 397 g/mol. The number of amides is 2. The van der Waals surface area contributed by atoms with Crippen LogP contribution in [0.15, 0.2) is 42.7 Å². The minimum Gasteiger partial charge on any atom is -0.482 e. The van der Waals surface area contributed by atoms with Gasteiger partial charge in [-0.25, -0.2) is 0 Å². The van der Waals surface area contributed by atoms with Crippen LogP contribution >= 0.6 is 0 Å². The zero-order valence-electron chi connectivity index (χ0n) is 15.5. The molecule has 1 atom stereocenters. The summed E-state index contributed by atoms with van der Waals surface area (Å²) in [5.74, 6) is -0.320. The quantitative estimate of drug-likeness (QED) is 0.601. The Labute approximate surface area is 166 Å². The molecule has 1 N–H and O–H groups in total. The lowest BCUT2D eigenvalue weighted by atomic mass is 10.1. The minimum absolute atomic E-state index is 0.171. The van der Waals surface area contributed by atoms with Gasteiger partial charge >= 0.3 is 0 Å². The molecule has 2 amide bonds. The minimum atomic E-state index is -0.548. The molecule has 2 aliphatic heterocycles. The number of benzene rings is 1. The molecule has 0 aliphatic carbocycles. The second kappa shape index (κ2) is 7.84. The predicted octanol–water partition coefficient (Wildman–Crippen LogP) is 0.888. The monoisotopic (exact) mass is 397 g/mol. The van der Waals surface area contributed by atoms with Crippen molar-refractivity contribution in [3.8, 4) is 5.75 Å². The molecular weight excluding hydrogens is 378 g/mol. The third-order valence-electron chi connectivity index (χ3n) is 5.02. The van der Waals surface area contributed by atoms with Gasteiger partial charge in [0.2, 0.25) is 5.91 Å². The van der Waals surface area contributed by atoms with Crippen LogP contribution in [0.2, 0.25) is 0 Å². The summed E-state index contributed by atoms with van der Waals surface area (Å²) in [5.41, 5.74) is 0.962. The van der Waals surface area contributed by atoms with Gasteiger partial charge in [0.25, 0.3) is 11.6 Å². The Morgan fingerprint density at radius 3 is 3.00 bits per heavy atom. The lowest BCUT2D eigenvalue weighted by Crippen LogP contribution is -2.53. The molecule has 0 spiro atoms. The standard InChI is InChI=1S/C19H19N5O5/c25-18(22-7-6-21-10-16(22)13-2-1-5-20-9-13)11-23-15-8-14(24(27)28)3-4-17(15)29-12-19(23)26/h1-5,8-9,16,21H,6-7,10-12H2. The van der Waals surface area contributed by atoms with E-state index in [0.717, 1.165) is 5.56 Å². The van der Waals surface area contributed by atoms with Crippen molar-refractivity contribution in [2.24, 2.45) is 0 Å². The van der Waals surface area contributed by atoms with Crippen LogP contribution in [-0.4, -0.2) is 59.4 Å². The Morgan fingerprint density at radius 1 is 1.38 bits per heavy atom. The van der Waals surface area contributed by atoms with Crippen molar-refractivity contribution in [1.82, 2.24) is 15.2 Å². The lowest BCUT2D eigenvalue weighted by Gasteiger charge is -2.38. The van der Waals surface area contributed by atoms with Crippen LogP contribution in [0, 0.1) is 10.1 Å². The lowest BCUT2D eigenvalue weighted by molar-refractivity contribution is -0.384. The van der Waals surface area contributed by atoms with Gasteiger partial charge in [-0.05, 0) is 17.7 Å². The van der Waals surface area contributed by atoms with Crippen molar-refractivity contribution >= 4 is 23.2 Å². The number of nitrogens with one attached hydrogen (secondary N) is 1. The van der Waals surface area contributed by atoms with Crippen LogP contribution in [0.4, 0.5) is 11.4 Å². The normalized spacial score (nSPS) is 18.8. The summed E-state index contributed by atoms with van der Waals surface area (Å²) in [5, 5.41) is 14.4. The topological polar surface area (TPSA) is 118 Å². The van der Waals surface area contributed by atoms with Crippen molar-refractivity contribution in [1.29, 1.82) is 0 Å². The van der Waals surface area contributed by atoms with Crippen LogP contribution in [0.25, 0.3) is 0 Å². The van der Waals surface area contributed by atoms with Gasteiger partial charge in [-0.15, -0.1) is 0 Å². The Balaban J connectivity index is 1.60. The third-order valence-corrected chi connectivity index (χ3v) is 5.02. The van der Waals surface area contributed by atoms with Crippen LogP contribution < -0.4 is 15.0 Å². The molecule has 10 heteroatoms. The summed E-state index contributed by atoms with van der Waals surface area (Å²) in [6, 6.07) is 7.53. The maximum absolute atomic E-state index is 13.1. The Bertz CT molecular complexity index is 951. The number of carbonyl (C=O) groups excluding carboxylic acids is 2. The number of nitro groups is 1. The van der Waals surface area contributed by atoms with Crippen LogP contribution in [0.5, 0.6) is 5.75 Å². The number of anilines is 1. The van der Waals surface area contributed by atoms with Gasteiger partial charge in [-0.3, -0.25) is 29.6 Å². The average Bonchev–Trinajstić information content (AvgIpc) is 2.76. The van der Waals surface area contributed by atoms with Gasteiger partial charge in [-0.1, -0.05) is 6.07 Å². The number of aromatic nitrogens is 1. The number of nitrogens with zero attached hydrogens (tertiary/aromatic N) is 4. The molecule has 0 saturated carbocycles. The summed E-state index contributed by atoms with van der Waals surface area (Å²) in [6.45, 7) is 1.27. The van der Waals surface area contributed by atoms with E-state index >= 15 is 0 Å². The van der Waals surface area contributed by atoms with Crippen molar-refractivity contribution in [3.05, 3.63) is 58.4 Å². The van der Waals surface area contributed by atoms with Crippen LogP contribution in [-0.2, 0) is 9.59 Å². The first-order valence-electron chi connectivity index (χ1n) is 9.16.